The predicted octanol–water partition coefficient (Wildman–Crippen LogP) is 1.59. The van der Waals surface area contributed by atoms with Gasteiger partial charge in [-0.15, -0.1) is 0 Å². The fraction of sp³-hybridized carbons (Fsp3) is 0.467. The molecule has 6 heteroatoms. The number of carbonyl (C=O) groups is 1. The molecule has 1 aliphatic heterocycles. The van der Waals surface area contributed by atoms with Crippen LogP contribution in [0.4, 0.5) is 0 Å². The second kappa shape index (κ2) is 7.38. The minimum Gasteiger partial charge on any atom is -0.376 e. The summed E-state index contributed by atoms with van der Waals surface area (Å²) in [4.78, 5) is 12.1. The van der Waals surface area contributed by atoms with Gasteiger partial charge in [0.1, 0.15) is 0 Å². The van der Waals surface area contributed by atoms with Gasteiger partial charge in [0, 0.05) is 18.7 Å². The van der Waals surface area contributed by atoms with Crippen LogP contribution < -0.4 is 16.2 Å². The topological polar surface area (TPSA) is 62.4 Å². The van der Waals surface area contributed by atoms with Gasteiger partial charge in [-0.25, -0.2) is 0 Å². The van der Waals surface area contributed by atoms with Gasteiger partial charge in [-0.3, -0.25) is 15.6 Å². The van der Waals surface area contributed by atoms with Gasteiger partial charge in [0.25, 0.3) is 5.91 Å². The first-order valence-corrected chi connectivity index (χ1v) is 7.50. The molecule has 0 spiro atoms. The first-order valence-electron chi connectivity index (χ1n) is 7.09. The van der Waals surface area contributed by atoms with Crippen molar-refractivity contribution in [3.63, 3.8) is 0 Å². The molecule has 1 aromatic rings. The maximum atomic E-state index is 12.1. The highest BCUT2D eigenvalue weighted by Gasteiger charge is 2.15. The molecule has 0 unspecified atom stereocenters. The SMILES string of the molecule is Cc1ccc(C(=O)NNC(=S)NC[C@H]2CCCO2)c(C)c1. The maximum Gasteiger partial charge on any atom is 0.269 e. The van der Waals surface area contributed by atoms with E-state index in [4.69, 9.17) is 17.0 Å². The highest BCUT2D eigenvalue weighted by atomic mass is 32.1. The third kappa shape index (κ3) is 4.68. The summed E-state index contributed by atoms with van der Waals surface area (Å²) < 4.78 is 5.49. The van der Waals surface area contributed by atoms with E-state index in [0.717, 1.165) is 30.6 Å². The molecule has 1 aromatic carbocycles. The number of aryl methyl sites for hydroxylation is 2. The number of hydrogen-bond donors (Lipinski definition) is 3. The molecule has 1 aliphatic rings. The number of rotatable bonds is 3. The van der Waals surface area contributed by atoms with Gasteiger partial charge in [0.15, 0.2) is 5.11 Å². The summed E-state index contributed by atoms with van der Waals surface area (Å²) in [7, 11) is 0. The van der Waals surface area contributed by atoms with Crippen LogP contribution in [0, 0.1) is 13.8 Å². The Morgan fingerprint density at radius 2 is 2.19 bits per heavy atom. The second-order valence-electron chi connectivity index (χ2n) is 5.24. The zero-order valence-corrected chi connectivity index (χ0v) is 13.2. The lowest BCUT2D eigenvalue weighted by Crippen LogP contribution is -2.48. The minimum atomic E-state index is -0.200. The first kappa shape index (κ1) is 15.7. The molecule has 1 heterocycles. The monoisotopic (exact) mass is 307 g/mol. The molecule has 0 aromatic heterocycles. The molecule has 1 saturated heterocycles. The number of carbonyl (C=O) groups excluding carboxylic acids is 1. The molecule has 1 fully saturated rings. The Kier molecular flexibility index (Phi) is 5.52. The number of thiocarbonyl (C=S) groups is 1. The van der Waals surface area contributed by atoms with Crippen molar-refractivity contribution >= 4 is 23.2 Å². The molecule has 0 bridgehead atoms. The quantitative estimate of drug-likeness (QED) is 0.585. The zero-order valence-electron chi connectivity index (χ0n) is 12.4. The normalized spacial score (nSPS) is 17.3. The van der Waals surface area contributed by atoms with Crippen molar-refractivity contribution in [1.29, 1.82) is 0 Å². The van der Waals surface area contributed by atoms with Crippen LogP contribution in [0.25, 0.3) is 0 Å². The van der Waals surface area contributed by atoms with Crippen molar-refractivity contribution in [2.24, 2.45) is 0 Å². The molecule has 114 valence electrons. The van der Waals surface area contributed by atoms with Gasteiger partial charge in [0.05, 0.1) is 6.10 Å². The molecule has 1 amide bonds. The first-order chi connectivity index (χ1) is 10.1. The smallest absolute Gasteiger partial charge is 0.269 e. The molecular weight excluding hydrogens is 286 g/mol. The Balaban J connectivity index is 1.76. The summed E-state index contributed by atoms with van der Waals surface area (Å²) in [6.07, 6.45) is 2.35. The van der Waals surface area contributed by atoms with E-state index in [1.54, 1.807) is 0 Å². The van der Waals surface area contributed by atoms with Crippen LogP contribution in [-0.2, 0) is 4.74 Å². The molecule has 2 rings (SSSR count). The Morgan fingerprint density at radius 1 is 1.38 bits per heavy atom. The molecule has 21 heavy (non-hydrogen) atoms. The van der Waals surface area contributed by atoms with Gasteiger partial charge in [0.2, 0.25) is 0 Å². The van der Waals surface area contributed by atoms with Crippen molar-refractivity contribution in [3.8, 4) is 0 Å². The Labute approximate surface area is 130 Å². The predicted molar refractivity (Wildman–Crippen MR) is 86.1 cm³/mol. The lowest BCUT2D eigenvalue weighted by Gasteiger charge is -2.15. The number of nitrogens with one attached hydrogen (secondary N) is 3. The highest BCUT2D eigenvalue weighted by Crippen LogP contribution is 2.11. The van der Waals surface area contributed by atoms with Crippen molar-refractivity contribution in [2.45, 2.75) is 32.8 Å². The van der Waals surface area contributed by atoms with Crippen LogP contribution >= 0.6 is 12.2 Å². The van der Waals surface area contributed by atoms with E-state index in [2.05, 4.69) is 16.2 Å². The third-order valence-corrected chi connectivity index (χ3v) is 3.68. The molecule has 5 nitrogen and oxygen atoms in total. The minimum absolute atomic E-state index is 0.200. The van der Waals surface area contributed by atoms with E-state index in [1.807, 2.05) is 32.0 Å². The number of hydrogen-bond acceptors (Lipinski definition) is 3. The summed E-state index contributed by atoms with van der Waals surface area (Å²) in [6.45, 7) is 5.38. The van der Waals surface area contributed by atoms with Crippen LogP contribution in [-0.4, -0.2) is 30.3 Å². The van der Waals surface area contributed by atoms with E-state index in [9.17, 15) is 4.79 Å². The van der Waals surface area contributed by atoms with Crippen LogP contribution in [0.1, 0.15) is 34.3 Å². The van der Waals surface area contributed by atoms with Gasteiger partial charge >= 0.3 is 0 Å². The molecule has 3 N–H and O–H groups in total. The molecule has 0 saturated carbocycles. The van der Waals surface area contributed by atoms with E-state index in [1.165, 1.54) is 0 Å². The van der Waals surface area contributed by atoms with Crippen LogP contribution in [0.3, 0.4) is 0 Å². The summed E-state index contributed by atoms with van der Waals surface area (Å²) >= 11 is 5.12. The summed E-state index contributed by atoms with van der Waals surface area (Å²) in [5, 5.41) is 3.43. The summed E-state index contributed by atoms with van der Waals surface area (Å²) in [6, 6.07) is 5.70. The summed E-state index contributed by atoms with van der Waals surface area (Å²) in [5.41, 5.74) is 8.02. The standard InChI is InChI=1S/C15H21N3O2S/c1-10-5-6-13(11(2)8-10)14(19)17-18-15(21)16-9-12-4-3-7-20-12/h5-6,8,12H,3-4,7,9H2,1-2H3,(H,17,19)(H2,16,18,21)/t12-/m1/s1. The Hall–Kier alpha value is -1.66. The maximum absolute atomic E-state index is 12.1. The van der Waals surface area contributed by atoms with Crippen LogP contribution in [0.5, 0.6) is 0 Å². The zero-order chi connectivity index (χ0) is 15.2. The van der Waals surface area contributed by atoms with Crippen molar-refractivity contribution in [2.75, 3.05) is 13.2 Å². The van der Waals surface area contributed by atoms with Gasteiger partial charge in [-0.05, 0) is 50.5 Å². The van der Waals surface area contributed by atoms with E-state index < -0.39 is 0 Å². The average Bonchev–Trinajstić information content (AvgIpc) is 2.95. The largest absolute Gasteiger partial charge is 0.376 e. The van der Waals surface area contributed by atoms with Gasteiger partial charge < -0.3 is 10.1 Å². The number of amides is 1. The fourth-order valence-electron chi connectivity index (χ4n) is 2.31. The Bertz CT molecular complexity index is 528. The van der Waals surface area contributed by atoms with Gasteiger partial charge in [-0.1, -0.05) is 17.7 Å². The number of hydrazine groups is 1. The molecular formula is C15H21N3O2S. The number of benzene rings is 1. The molecule has 0 aliphatic carbocycles. The van der Waals surface area contributed by atoms with E-state index in [-0.39, 0.29) is 12.0 Å². The average molecular weight is 307 g/mol. The van der Waals surface area contributed by atoms with E-state index >= 15 is 0 Å². The van der Waals surface area contributed by atoms with Gasteiger partial charge in [-0.2, -0.15) is 0 Å². The summed E-state index contributed by atoms with van der Waals surface area (Å²) in [5.74, 6) is -0.200. The fourth-order valence-corrected chi connectivity index (χ4v) is 2.44. The van der Waals surface area contributed by atoms with Crippen molar-refractivity contribution in [1.82, 2.24) is 16.2 Å². The lowest BCUT2D eigenvalue weighted by atomic mass is 10.1. The molecule has 0 radical (unpaired) electrons. The Morgan fingerprint density at radius 3 is 2.86 bits per heavy atom. The van der Waals surface area contributed by atoms with Crippen molar-refractivity contribution < 1.29 is 9.53 Å². The van der Waals surface area contributed by atoms with Crippen LogP contribution in [0.2, 0.25) is 0 Å². The second-order valence-corrected chi connectivity index (χ2v) is 5.65. The number of ether oxygens (including phenoxy) is 1. The van der Waals surface area contributed by atoms with Crippen molar-refractivity contribution in [3.05, 3.63) is 34.9 Å². The van der Waals surface area contributed by atoms with Crippen LogP contribution in [0.15, 0.2) is 18.2 Å². The molecule has 1 atom stereocenters. The van der Waals surface area contributed by atoms with E-state index in [0.29, 0.717) is 17.2 Å². The lowest BCUT2D eigenvalue weighted by molar-refractivity contribution is 0.0942. The third-order valence-electron chi connectivity index (χ3n) is 3.43. The highest BCUT2D eigenvalue weighted by molar-refractivity contribution is 7.80.